The van der Waals surface area contributed by atoms with E-state index in [4.69, 9.17) is 4.74 Å². The highest BCUT2D eigenvalue weighted by Gasteiger charge is 2.18. The molecule has 0 amide bonds. The third kappa shape index (κ3) is 3.76. The van der Waals surface area contributed by atoms with Crippen molar-refractivity contribution < 1.29 is 13.2 Å². The number of benzene rings is 2. The van der Waals surface area contributed by atoms with Gasteiger partial charge < -0.3 is 9.64 Å². The zero-order valence-electron chi connectivity index (χ0n) is 13.2. The van der Waals surface area contributed by atoms with Crippen molar-refractivity contribution in [1.29, 1.82) is 0 Å². The van der Waals surface area contributed by atoms with Crippen LogP contribution in [-0.2, 0) is 10.0 Å². The third-order valence-corrected chi connectivity index (χ3v) is 4.95. The fourth-order valence-electron chi connectivity index (χ4n) is 2.34. The molecule has 2 rings (SSSR count). The van der Waals surface area contributed by atoms with Crippen LogP contribution in [0.3, 0.4) is 0 Å². The largest absolute Gasteiger partial charge is 0.496 e. The minimum absolute atomic E-state index is 0.286. The molecular weight excluding hydrogens is 300 g/mol. The minimum Gasteiger partial charge on any atom is -0.496 e. The van der Waals surface area contributed by atoms with Gasteiger partial charge in [0.1, 0.15) is 5.75 Å². The Kier molecular flexibility index (Phi) is 5.39. The van der Waals surface area contributed by atoms with Crippen LogP contribution in [0.25, 0.3) is 10.8 Å². The standard InChI is InChI=1S/C16H22N2O3S/c1-18(2)12-6-11-17-22(19,20)16-10-9-15(21-3)13-7-4-5-8-14(13)16/h4-5,7-10,17H,6,11-12H2,1-3H3. The molecule has 22 heavy (non-hydrogen) atoms. The van der Waals surface area contributed by atoms with Gasteiger partial charge >= 0.3 is 0 Å². The average molecular weight is 322 g/mol. The molecule has 1 N–H and O–H groups in total. The molecule has 0 aliphatic heterocycles. The van der Waals surface area contributed by atoms with Gasteiger partial charge in [0, 0.05) is 17.3 Å². The maximum absolute atomic E-state index is 12.5. The highest BCUT2D eigenvalue weighted by Crippen LogP contribution is 2.30. The molecule has 0 spiro atoms. The lowest BCUT2D eigenvalue weighted by molar-refractivity contribution is 0.400. The molecule has 0 radical (unpaired) electrons. The fraction of sp³-hybridized carbons (Fsp3) is 0.375. The summed E-state index contributed by atoms with van der Waals surface area (Å²) in [4.78, 5) is 2.31. The first-order valence-corrected chi connectivity index (χ1v) is 8.64. The SMILES string of the molecule is COc1ccc(S(=O)(=O)NCCCN(C)C)c2ccccc12. The molecule has 120 valence electrons. The molecule has 0 atom stereocenters. The van der Waals surface area contributed by atoms with Crippen molar-refractivity contribution in [2.45, 2.75) is 11.3 Å². The molecule has 0 aliphatic rings. The van der Waals surface area contributed by atoms with Crippen LogP contribution in [0.1, 0.15) is 6.42 Å². The molecule has 2 aromatic rings. The van der Waals surface area contributed by atoms with Gasteiger partial charge in [0.2, 0.25) is 10.0 Å². The lowest BCUT2D eigenvalue weighted by atomic mass is 10.1. The molecule has 0 fully saturated rings. The molecule has 0 saturated heterocycles. The molecule has 2 aromatic carbocycles. The van der Waals surface area contributed by atoms with Gasteiger partial charge in [-0.15, -0.1) is 0 Å². The summed E-state index contributed by atoms with van der Waals surface area (Å²) in [6.07, 6.45) is 0.764. The predicted octanol–water partition coefficient (Wildman–Crippen LogP) is 2.08. The van der Waals surface area contributed by atoms with Crippen molar-refractivity contribution in [1.82, 2.24) is 9.62 Å². The molecule has 0 bridgehead atoms. The molecule has 0 saturated carbocycles. The first-order chi connectivity index (χ1) is 10.5. The minimum atomic E-state index is -3.53. The van der Waals surface area contributed by atoms with E-state index in [1.807, 2.05) is 37.2 Å². The Balaban J connectivity index is 2.30. The van der Waals surface area contributed by atoms with E-state index in [1.165, 1.54) is 0 Å². The van der Waals surface area contributed by atoms with E-state index in [-0.39, 0.29) is 4.90 Å². The van der Waals surface area contributed by atoms with Crippen LogP contribution in [0, 0.1) is 0 Å². The molecule has 0 aliphatic carbocycles. The summed E-state index contributed by atoms with van der Waals surface area (Å²) >= 11 is 0. The number of hydrogen-bond acceptors (Lipinski definition) is 4. The van der Waals surface area contributed by atoms with Gasteiger partial charge in [-0.3, -0.25) is 0 Å². The Morgan fingerprint density at radius 3 is 2.41 bits per heavy atom. The van der Waals surface area contributed by atoms with Crippen LogP contribution in [0.5, 0.6) is 5.75 Å². The number of fused-ring (bicyclic) bond motifs is 1. The molecule has 0 aromatic heterocycles. The average Bonchev–Trinajstić information content (AvgIpc) is 2.50. The second-order valence-electron chi connectivity index (χ2n) is 5.37. The summed E-state index contributed by atoms with van der Waals surface area (Å²) < 4.78 is 33.0. The Bertz CT molecular complexity index is 742. The van der Waals surface area contributed by atoms with Crippen LogP contribution in [-0.4, -0.2) is 47.6 Å². The lowest BCUT2D eigenvalue weighted by Gasteiger charge is -2.13. The number of rotatable bonds is 7. The van der Waals surface area contributed by atoms with Gasteiger partial charge in [0.25, 0.3) is 0 Å². The number of nitrogens with one attached hydrogen (secondary N) is 1. The smallest absolute Gasteiger partial charge is 0.241 e. The fourth-order valence-corrected chi connectivity index (χ4v) is 3.62. The van der Waals surface area contributed by atoms with E-state index >= 15 is 0 Å². The van der Waals surface area contributed by atoms with Crippen LogP contribution in [0.15, 0.2) is 41.3 Å². The zero-order chi connectivity index (χ0) is 16.2. The van der Waals surface area contributed by atoms with Crippen LogP contribution in [0.4, 0.5) is 0 Å². The molecule has 0 unspecified atom stereocenters. The Morgan fingerprint density at radius 2 is 1.77 bits per heavy atom. The van der Waals surface area contributed by atoms with Gasteiger partial charge in [-0.25, -0.2) is 13.1 Å². The van der Waals surface area contributed by atoms with Crippen LogP contribution in [0.2, 0.25) is 0 Å². The molecular formula is C16H22N2O3S. The number of sulfonamides is 1. The van der Waals surface area contributed by atoms with Gasteiger partial charge in [-0.1, -0.05) is 24.3 Å². The summed E-state index contributed by atoms with van der Waals surface area (Å²) in [6, 6.07) is 10.6. The summed E-state index contributed by atoms with van der Waals surface area (Å²) in [7, 11) is 1.97. The second-order valence-corrected chi connectivity index (χ2v) is 7.10. The van der Waals surface area contributed by atoms with Crippen LogP contribution < -0.4 is 9.46 Å². The number of hydrogen-bond donors (Lipinski definition) is 1. The van der Waals surface area contributed by atoms with Gasteiger partial charge in [0.05, 0.1) is 12.0 Å². The van der Waals surface area contributed by atoms with Crippen molar-refractivity contribution in [2.75, 3.05) is 34.3 Å². The second kappa shape index (κ2) is 7.09. The number of methoxy groups -OCH3 is 1. The molecule has 5 nitrogen and oxygen atoms in total. The lowest BCUT2D eigenvalue weighted by Crippen LogP contribution is -2.27. The monoisotopic (exact) mass is 322 g/mol. The summed E-state index contributed by atoms with van der Waals surface area (Å²) in [6.45, 7) is 1.26. The predicted molar refractivity (Wildman–Crippen MR) is 88.9 cm³/mol. The third-order valence-electron chi connectivity index (χ3n) is 3.43. The number of nitrogens with zero attached hydrogens (tertiary/aromatic N) is 1. The van der Waals surface area contributed by atoms with E-state index in [0.29, 0.717) is 17.7 Å². The Hall–Kier alpha value is -1.63. The Morgan fingerprint density at radius 1 is 1.09 bits per heavy atom. The normalized spacial score (nSPS) is 12.0. The van der Waals surface area contributed by atoms with Gasteiger partial charge in [0.15, 0.2) is 0 Å². The van der Waals surface area contributed by atoms with Gasteiger partial charge in [-0.05, 0) is 39.2 Å². The first-order valence-electron chi connectivity index (χ1n) is 7.16. The van der Waals surface area contributed by atoms with Crippen molar-refractivity contribution in [3.63, 3.8) is 0 Å². The summed E-state index contributed by atoms with van der Waals surface area (Å²) in [5.41, 5.74) is 0. The Labute approximate surface area is 131 Å². The van der Waals surface area contributed by atoms with E-state index < -0.39 is 10.0 Å². The van der Waals surface area contributed by atoms with E-state index in [2.05, 4.69) is 4.72 Å². The van der Waals surface area contributed by atoms with E-state index in [1.54, 1.807) is 25.3 Å². The van der Waals surface area contributed by atoms with Crippen molar-refractivity contribution in [3.05, 3.63) is 36.4 Å². The zero-order valence-corrected chi connectivity index (χ0v) is 14.0. The van der Waals surface area contributed by atoms with Crippen molar-refractivity contribution in [2.24, 2.45) is 0 Å². The maximum Gasteiger partial charge on any atom is 0.241 e. The van der Waals surface area contributed by atoms with E-state index in [0.717, 1.165) is 18.4 Å². The molecule has 6 heteroatoms. The van der Waals surface area contributed by atoms with Crippen LogP contribution >= 0.6 is 0 Å². The highest BCUT2D eigenvalue weighted by molar-refractivity contribution is 7.89. The van der Waals surface area contributed by atoms with Crippen molar-refractivity contribution >= 4 is 20.8 Å². The molecule has 0 heterocycles. The maximum atomic E-state index is 12.5. The topological polar surface area (TPSA) is 58.6 Å². The highest BCUT2D eigenvalue weighted by atomic mass is 32.2. The number of ether oxygens (including phenoxy) is 1. The van der Waals surface area contributed by atoms with E-state index in [9.17, 15) is 8.42 Å². The quantitative estimate of drug-likeness (QED) is 0.793. The van der Waals surface area contributed by atoms with Gasteiger partial charge in [-0.2, -0.15) is 0 Å². The first kappa shape index (κ1) is 16.7. The van der Waals surface area contributed by atoms with Crippen molar-refractivity contribution in [3.8, 4) is 5.75 Å². The summed E-state index contributed by atoms with van der Waals surface area (Å²) in [5.74, 6) is 0.669. The summed E-state index contributed by atoms with van der Waals surface area (Å²) in [5, 5.41) is 1.46.